The Kier molecular flexibility index (Phi) is 4.79. The predicted octanol–water partition coefficient (Wildman–Crippen LogP) is 4.30. The zero-order valence-electron chi connectivity index (χ0n) is 14.8. The van der Waals surface area contributed by atoms with Crippen molar-refractivity contribution in [2.45, 2.75) is 6.54 Å². The Balaban J connectivity index is 1.38. The number of anilines is 1. The van der Waals surface area contributed by atoms with Crippen LogP contribution in [0.25, 0.3) is 10.9 Å². The number of nitrogens with one attached hydrogen (secondary N) is 3. The van der Waals surface area contributed by atoms with Gasteiger partial charge in [-0.15, -0.1) is 0 Å². The highest BCUT2D eigenvalue weighted by Gasteiger charge is 2.11. The van der Waals surface area contributed by atoms with Crippen LogP contribution >= 0.6 is 0 Å². The third-order valence-electron chi connectivity index (χ3n) is 4.10. The minimum atomic E-state index is -0.476. The fourth-order valence-electron chi connectivity index (χ4n) is 2.73. The molecule has 28 heavy (non-hydrogen) atoms. The van der Waals surface area contributed by atoms with E-state index in [9.17, 15) is 9.59 Å². The number of aromatic nitrogens is 1. The molecule has 7 nitrogen and oxygen atoms in total. The van der Waals surface area contributed by atoms with Crippen LogP contribution in [0.4, 0.5) is 10.5 Å². The highest BCUT2D eigenvalue weighted by Crippen LogP contribution is 2.20. The van der Waals surface area contributed by atoms with Gasteiger partial charge in [0.15, 0.2) is 0 Å². The number of ether oxygens (including phenoxy) is 1. The summed E-state index contributed by atoms with van der Waals surface area (Å²) in [4.78, 5) is 27.4. The highest BCUT2D eigenvalue weighted by atomic mass is 16.5. The molecule has 4 aromatic rings. The van der Waals surface area contributed by atoms with Gasteiger partial charge in [-0.3, -0.25) is 0 Å². The summed E-state index contributed by atoms with van der Waals surface area (Å²) in [5.41, 5.74) is 1.80. The second-order valence-corrected chi connectivity index (χ2v) is 6.08. The average molecular weight is 375 g/mol. The van der Waals surface area contributed by atoms with Crippen LogP contribution in [0.1, 0.15) is 16.1 Å². The van der Waals surface area contributed by atoms with Crippen LogP contribution in [0.15, 0.2) is 77.5 Å². The predicted molar refractivity (Wildman–Crippen MR) is 104 cm³/mol. The smallest absolute Gasteiger partial charge is 0.343 e. The number of rotatable bonds is 5. The van der Waals surface area contributed by atoms with Crippen molar-refractivity contribution in [1.29, 1.82) is 0 Å². The van der Waals surface area contributed by atoms with Crippen LogP contribution in [0.3, 0.4) is 0 Å². The maximum Gasteiger partial charge on any atom is 0.343 e. The molecule has 0 aliphatic carbocycles. The first-order valence-electron chi connectivity index (χ1n) is 8.64. The van der Waals surface area contributed by atoms with Gasteiger partial charge in [-0.1, -0.05) is 12.1 Å². The number of urea groups is 1. The number of amides is 2. The van der Waals surface area contributed by atoms with E-state index in [0.717, 1.165) is 10.9 Å². The number of furan rings is 1. The molecule has 0 fully saturated rings. The summed E-state index contributed by atoms with van der Waals surface area (Å²) >= 11 is 0. The van der Waals surface area contributed by atoms with E-state index < -0.39 is 12.0 Å². The molecule has 2 amide bonds. The molecule has 7 heteroatoms. The van der Waals surface area contributed by atoms with Gasteiger partial charge >= 0.3 is 12.0 Å². The second kappa shape index (κ2) is 7.71. The molecule has 3 N–H and O–H groups in total. The number of H-pyrrole nitrogens is 1. The van der Waals surface area contributed by atoms with E-state index >= 15 is 0 Å². The first-order chi connectivity index (χ1) is 13.7. The lowest BCUT2D eigenvalue weighted by Gasteiger charge is -2.09. The number of fused-ring (bicyclic) bond motifs is 1. The molecule has 140 valence electrons. The van der Waals surface area contributed by atoms with Crippen LogP contribution in [0.5, 0.6) is 5.75 Å². The normalized spacial score (nSPS) is 10.6. The van der Waals surface area contributed by atoms with Gasteiger partial charge in [-0.25, -0.2) is 9.59 Å². The zero-order chi connectivity index (χ0) is 19.3. The molecule has 0 unspecified atom stereocenters. The van der Waals surface area contributed by atoms with Crippen molar-refractivity contribution in [1.82, 2.24) is 10.3 Å². The summed E-state index contributed by atoms with van der Waals surface area (Å²) in [6.07, 6.45) is 3.35. The molecule has 2 aromatic heterocycles. The Labute approximate surface area is 160 Å². The van der Waals surface area contributed by atoms with E-state index in [-0.39, 0.29) is 6.54 Å². The highest BCUT2D eigenvalue weighted by molar-refractivity contribution is 5.95. The standard InChI is InChI=1S/C21H17N3O4/c25-20(15-7-6-14-8-9-22-19(14)11-15)28-17-4-1-3-16(12-17)24-21(26)23-13-18-5-2-10-27-18/h1-12,22H,13H2,(H2,23,24,26). The monoisotopic (exact) mass is 375 g/mol. The molecule has 0 spiro atoms. The number of benzene rings is 2. The molecular weight excluding hydrogens is 358 g/mol. The molecule has 0 bridgehead atoms. The van der Waals surface area contributed by atoms with E-state index in [1.54, 1.807) is 54.8 Å². The van der Waals surface area contributed by atoms with Crippen LogP contribution in [-0.4, -0.2) is 17.0 Å². The maximum absolute atomic E-state index is 12.4. The molecule has 0 radical (unpaired) electrons. The van der Waals surface area contributed by atoms with Crippen molar-refractivity contribution in [2.75, 3.05) is 5.32 Å². The first kappa shape index (κ1) is 17.4. The summed E-state index contributed by atoms with van der Waals surface area (Å²) in [7, 11) is 0. The van der Waals surface area contributed by atoms with Crippen LogP contribution in [-0.2, 0) is 6.54 Å². The third kappa shape index (κ3) is 4.04. The summed E-state index contributed by atoms with van der Waals surface area (Å²) in [6.45, 7) is 0.273. The quantitative estimate of drug-likeness (QED) is 0.358. The van der Waals surface area contributed by atoms with Gasteiger partial charge in [0.25, 0.3) is 0 Å². The molecule has 0 saturated carbocycles. The molecule has 4 rings (SSSR count). The Morgan fingerprint density at radius 1 is 1.04 bits per heavy atom. The minimum absolute atomic E-state index is 0.273. The summed E-state index contributed by atoms with van der Waals surface area (Å²) in [5, 5.41) is 6.39. The van der Waals surface area contributed by atoms with Crippen molar-refractivity contribution < 1.29 is 18.7 Å². The van der Waals surface area contributed by atoms with E-state index in [0.29, 0.717) is 22.8 Å². The Hall–Kier alpha value is -4.00. The first-order valence-corrected chi connectivity index (χ1v) is 8.64. The van der Waals surface area contributed by atoms with Gasteiger partial charge < -0.3 is 24.8 Å². The molecule has 0 aliphatic rings. The van der Waals surface area contributed by atoms with E-state index in [2.05, 4.69) is 15.6 Å². The van der Waals surface area contributed by atoms with Crippen molar-refractivity contribution in [3.05, 3.63) is 84.4 Å². The van der Waals surface area contributed by atoms with Gasteiger partial charge in [-0.05, 0) is 47.9 Å². The fraction of sp³-hybridized carbons (Fsp3) is 0.0476. The topological polar surface area (TPSA) is 96.4 Å². The minimum Gasteiger partial charge on any atom is -0.467 e. The fourth-order valence-corrected chi connectivity index (χ4v) is 2.73. The molecule has 0 saturated heterocycles. The number of carbonyl (C=O) groups excluding carboxylic acids is 2. The largest absolute Gasteiger partial charge is 0.467 e. The van der Waals surface area contributed by atoms with E-state index in [1.165, 1.54) is 0 Å². The van der Waals surface area contributed by atoms with Crippen LogP contribution in [0, 0.1) is 0 Å². The number of aromatic amines is 1. The van der Waals surface area contributed by atoms with Gasteiger partial charge in [-0.2, -0.15) is 0 Å². The lowest BCUT2D eigenvalue weighted by molar-refractivity contribution is 0.0735. The molecule has 2 heterocycles. The molecule has 2 aromatic carbocycles. The van der Waals surface area contributed by atoms with Gasteiger partial charge in [0.1, 0.15) is 11.5 Å². The number of hydrogen-bond donors (Lipinski definition) is 3. The maximum atomic E-state index is 12.4. The van der Waals surface area contributed by atoms with Crippen molar-refractivity contribution in [2.24, 2.45) is 0 Å². The van der Waals surface area contributed by atoms with Crippen molar-refractivity contribution in [3.8, 4) is 5.75 Å². The van der Waals surface area contributed by atoms with Crippen LogP contribution in [0.2, 0.25) is 0 Å². The molecule has 0 aliphatic heterocycles. The lowest BCUT2D eigenvalue weighted by Crippen LogP contribution is -2.28. The third-order valence-corrected chi connectivity index (χ3v) is 4.10. The Bertz CT molecular complexity index is 1120. The number of hydrogen-bond acceptors (Lipinski definition) is 4. The van der Waals surface area contributed by atoms with Crippen molar-refractivity contribution >= 4 is 28.6 Å². The zero-order valence-corrected chi connectivity index (χ0v) is 14.8. The molecule has 0 atom stereocenters. The molecular formula is C21H17N3O4. The van der Waals surface area contributed by atoms with Crippen molar-refractivity contribution in [3.63, 3.8) is 0 Å². The van der Waals surface area contributed by atoms with Gasteiger partial charge in [0.2, 0.25) is 0 Å². The summed E-state index contributed by atoms with van der Waals surface area (Å²) < 4.78 is 10.6. The average Bonchev–Trinajstić information content (AvgIpc) is 3.37. The number of carbonyl (C=O) groups is 2. The summed E-state index contributed by atoms with van der Waals surface area (Å²) in [5.74, 6) is 0.508. The van der Waals surface area contributed by atoms with Crippen LogP contribution < -0.4 is 15.4 Å². The second-order valence-electron chi connectivity index (χ2n) is 6.08. The van der Waals surface area contributed by atoms with Gasteiger partial charge in [0.05, 0.1) is 18.4 Å². The lowest BCUT2D eigenvalue weighted by atomic mass is 10.1. The van der Waals surface area contributed by atoms with E-state index in [4.69, 9.17) is 9.15 Å². The Morgan fingerprint density at radius 3 is 2.82 bits per heavy atom. The van der Waals surface area contributed by atoms with E-state index in [1.807, 2.05) is 18.3 Å². The van der Waals surface area contributed by atoms with Gasteiger partial charge in [0, 0.05) is 23.5 Å². The number of esters is 1. The Morgan fingerprint density at radius 2 is 1.96 bits per heavy atom. The SMILES string of the molecule is O=C(NCc1ccco1)Nc1cccc(OC(=O)c2ccc3cc[nH]c3c2)c1. The summed E-state index contributed by atoms with van der Waals surface area (Å²) in [6, 6.07) is 17.0.